The number of rotatable bonds is 3. The summed E-state index contributed by atoms with van der Waals surface area (Å²) >= 11 is 12.2. The maximum Gasteiger partial charge on any atom is 0.242 e. The Kier molecular flexibility index (Phi) is 4.94. The van der Waals surface area contributed by atoms with Gasteiger partial charge < -0.3 is 0 Å². The summed E-state index contributed by atoms with van der Waals surface area (Å²) in [7, 11) is -3.68. The summed E-state index contributed by atoms with van der Waals surface area (Å²) in [4.78, 5) is 0.0125. The lowest BCUT2D eigenvalue weighted by atomic mass is 10.0. The van der Waals surface area contributed by atoms with Gasteiger partial charge >= 0.3 is 0 Å². The normalized spacial score (nSPS) is 13.1. The van der Waals surface area contributed by atoms with E-state index >= 15 is 0 Å². The van der Waals surface area contributed by atoms with Gasteiger partial charge in [0.1, 0.15) is 4.90 Å². The highest BCUT2D eigenvalue weighted by molar-refractivity contribution is 7.89. The van der Waals surface area contributed by atoms with Crippen LogP contribution in [0.2, 0.25) is 10.0 Å². The van der Waals surface area contributed by atoms with Crippen molar-refractivity contribution in [2.24, 2.45) is 0 Å². The van der Waals surface area contributed by atoms with E-state index in [1.54, 1.807) is 26.8 Å². The third-order valence-electron chi connectivity index (χ3n) is 2.40. The van der Waals surface area contributed by atoms with Crippen LogP contribution >= 0.6 is 23.2 Å². The quantitative estimate of drug-likeness (QED) is 0.906. The molecule has 0 heterocycles. The first-order valence-corrected chi connectivity index (χ1v) is 8.21. The van der Waals surface area contributed by atoms with Crippen LogP contribution in [0.15, 0.2) is 17.0 Å². The summed E-state index contributed by atoms with van der Waals surface area (Å²) in [6, 6.07) is 3.03. The van der Waals surface area contributed by atoms with Gasteiger partial charge in [0.25, 0.3) is 0 Å². The van der Waals surface area contributed by atoms with Gasteiger partial charge in [-0.2, -0.15) is 0 Å². The first kappa shape index (κ1) is 16.8. The number of hydrogen-bond donors (Lipinski definition) is 1. The molecule has 108 valence electrons. The van der Waals surface area contributed by atoms with E-state index in [2.05, 4.69) is 4.72 Å². The van der Waals surface area contributed by atoms with Gasteiger partial charge in [0, 0.05) is 10.6 Å². The van der Waals surface area contributed by atoms with Gasteiger partial charge in [-0.25, -0.2) is 13.1 Å². The van der Waals surface area contributed by atoms with E-state index in [1.807, 2.05) is 13.8 Å². The lowest BCUT2D eigenvalue weighted by Gasteiger charge is -2.21. The van der Waals surface area contributed by atoms with E-state index in [0.717, 1.165) is 5.56 Å². The van der Waals surface area contributed by atoms with E-state index in [-0.39, 0.29) is 15.8 Å². The first-order valence-electron chi connectivity index (χ1n) is 5.97. The van der Waals surface area contributed by atoms with Crippen molar-refractivity contribution < 1.29 is 8.42 Å². The molecule has 0 aromatic heterocycles. The van der Waals surface area contributed by atoms with E-state index in [0.29, 0.717) is 5.02 Å². The molecule has 0 unspecified atom stereocenters. The minimum absolute atomic E-state index is 0.0125. The molecule has 0 atom stereocenters. The molecule has 0 aliphatic heterocycles. The zero-order valence-corrected chi connectivity index (χ0v) is 14.0. The number of hydrogen-bond acceptors (Lipinski definition) is 2. The maximum atomic E-state index is 12.2. The zero-order valence-electron chi connectivity index (χ0n) is 11.7. The molecule has 0 bridgehead atoms. The first-order chi connectivity index (χ1) is 8.44. The average molecular weight is 324 g/mol. The van der Waals surface area contributed by atoms with Crippen LogP contribution in [-0.2, 0) is 10.0 Å². The SMILES string of the molecule is CC(C)c1cc(Cl)c(S(=O)(=O)NC(C)(C)C)cc1Cl. The molecule has 1 aromatic rings. The van der Waals surface area contributed by atoms with Crippen molar-refractivity contribution in [3.63, 3.8) is 0 Å². The van der Waals surface area contributed by atoms with Crippen LogP contribution in [0.4, 0.5) is 0 Å². The van der Waals surface area contributed by atoms with E-state index in [1.165, 1.54) is 6.07 Å². The Bertz CT molecular complexity index is 575. The summed E-state index contributed by atoms with van der Waals surface area (Å²) in [6.07, 6.45) is 0. The zero-order chi connectivity index (χ0) is 15.0. The Hall–Kier alpha value is -0.290. The van der Waals surface area contributed by atoms with Crippen molar-refractivity contribution in [2.45, 2.75) is 51.0 Å². The predicted octanol–water partition coefficient (Wildman–Crippen LogP) is 4.19. The number of sulfonamides is 1. The van der Waals surface area contributed by atoms with E-state index in [9.17, 15) is 8.42 Å². The van der Waals surface area contributed by atoms with Gasteiger partial charge in [-0.3, -0.25) is 0 Å². The molecule has 0 spiro atoms. The second kappa shape index (κ2) is 5.60. The molecule has 3 nitrogen and oxygen atoms in total. The van der Waals surface area contributed by atoms with E-state index in [4.69, 9.17) is 23.2 Å². The summed E-state index contributed by atoms with van der Waals surface area (Å²) in [5, 5.41) is 0.596. The van der Waals surface area contributed by atoms with Crippen LogP contribution in [0.3, 0.4) is 0 Å². The van der Waals surface area contributed by atoms with Gasteiger partial charge in [0.2, 0.25) is 10.0 Å². The van der Waals surface area contributed by atoms with Crippen LogP contribution in [0.25, 0.3) is 0 Å². The molecule has 0 fully saturated rings. The Balaban J connectivity index is 3.34. The minimum atomic E-state index is -3.68. The summed E-state index contributed by atoms with van der Waals surface area (Å²) < 4.78 is 27.1. The van der Waals surface area contributed by atoms with Crippen molar-refractivity contribution in [1.29, 1.82) is 0 Å². The monoisotopic (exact) mass is 323 g/mol. The minimum Gasteiger partial charge on any atom is -0.207 e. The molecule has 1 rings (SSSR count). The van der Waals surface area contributed by atoms with Crippen LogP contribution in [-0.4, -0.2) is 14.0 Å². The molecule has 0 radical (unpaired) electrons. The maximum absolute atomic E-state index is 12.2. The highest BCUT2D eigenvalue weighted by Crippen LogP contribution is 2.32. The largest absolute Gasteiger partial charge is 0.242 e. The highest BCUT2D eigenvalue weighted by atomic mass is 35.5. The topological polar surface area (TPSA) is 46.2 Å². The van der Waals surface area contributed by atoms with Crippen molar-refractivity contribution in [3.8, 4) is 0 Å². The number of halogens is 2. The Labute approximate surface area is 125 Å². The molecule has 19 heavy (non-hydrogen) atoms. The molecular weight excluding hydrogens is 305 g/mol. The summed E-state index contributed by atoms with van der Waals surface area (Å²) in [5.74, 6) is 0.178. The molecule has 0 aliphatic carbocycles. The van der Waals surface area contributed by atoms with Crippen molar-refractivity contribution in [3.05, 3.63) is 27.7 Å². The number of nitrogens with one attached hydrogen (secondary N) is 1. The standard InChI is InChI=1S/C13H19Cl2NO2S/c1-8(2)9-6-11(15)12(7-10(9)14)19(17,18)16-13(3,4)5/h6-8,16H,1-5H3. The summed E-state index contributed by atoms with van der Waals surface area (Å²) in [5.41, 5.74) is 0.257. The lowest BCUT2D eigenvalue weighted by Crippen LogP contribution is -2.40. The van der Waals surface area contributed by atoms with Gasteiger partial charge in [0.15, 0.2) is 0 Å². The molecule has 0 saturated carbocycles. The Morgan fingerprint density at radius 2 is 1.63 bits per heavy atom. The highest BCUT2D eigenvalue weighted by Gasteiger charge is 2.25. The molecule has 0 amide bonds. The Morgan fingerprint density at radius 3 is 2.05 bits per heavy atom. The second-order valence-corrected chi connectivity index (χ2v) is 8.28. The van der Waals surface area contributed by atoms with Crippen molar-refractivity contribution >= 4 is 33.2 Å². The smallest absolute Gasteiger partial charge is 0.207 e. The second-order valence-electron chi connectivity index (χ2n) is 5.81. The fourth-order valence-electron chi connectivity index (χ4n) is 1.65. The average Bonchev–Trinajstić information content (AvgIpc) is 2.16. The number of benzene rings is 1. The third-order valence-corrected chi connectivity index (χ3v) is 4.95. The van der Waals surface area contributed by atoms with Crippen molar-refractivity contribution in [1.82, 2.24) is 4.72 Å². The van der Waals surface area contributed by atoms with E-state index < -0.39 is 15.6 Å². The molecule has 1 aromatic carbocycles. The Morgan fingerprint density at radius 1 is 1.11 bits per heavy atom. The molecular formula is C13H19Cl2NO2S. The molecule has 0 saturated heterocycles. The van der Waals surface area contributed by atoms with Gasteiger partial charge in [-0.15, -0.1) is 0 Å². The predicted molar refractivity (Wildman–Crippen MR) is 80.6 cm³/mol. The molecule has 0 aliphatic rings. The third kappa shape index (κ3) is 4.35. The van der Waals surface area contributed by atoms with Crippen LogP contribution in [0.1, 0.15) is 46.1 Å². The fraction of sp³-hybridized carbons (Fsp3) is 0.538. The van der Waals surface area contributed by atoms with Crippen molar-refractivity contribution in [2.75, 3.05) is 0 Å². The van der Waals surface area contributed by atoms with Crippen LogP contribution in [0, 0.1) is 0 Å². The molecule has 1 N–H and O–H groups in total. The lowest BCUT2D eigenvalue weighted by molar-refractivity contribution is 0.491. The fourth-order valence-corrected chi connectivity index (χ4v) is 4.08. The van der Waals surface area contributed by atoms with Gasteiger partial charge in [-0.1, -0.05) is 37.0 Å². The summed E-state index contributed by atoms with van der Waals surface area (Å²) in [6.45, 7) is 9.24. The van der Waals surface area contributed by atoms with Crippen LogP contribution in [0.5, 0.6) is 0 Å². The van der Waals surface area contributed by atoms with Crippen LogP contribution < -0.4 is 4.72 Å². The van der Waals surface area contributed by atoms with Gasteiger partial charge in [0.05, 0.1) is 5.02 Å². The van der Waals surface area contributed by atoms with Gasteiger partial charge in [-0.05, 0) is 44.4 Å². The molecule has 6 heteroatoms.